The zero-order chi connectivity index (χ0) is 15.1. The average Bonchev–Trinajstić information content (AvgIpc) is 2.41. The van der Waals surface area contributed by atoms with Crippen molar-refractivity contribution < 1.29 is 14.4 Å². The molecule has 20 heavy (non-hydrogen) atoms. The summed E-state index contributed by atoms with van der Waals surface area (Å²) in [5.74, 6) is -1.39. The van der Waals surface area contributed by atoms with Crippen LogP contribution in [-0.4, -0.2) is 35.7 Å². The first kappa shape index (κ1) is 15.7. The lowest BCUT2D eigenvalue weighted by atomic mass is 10.2. The molecule has 0 aliphatic rings. The number of benzene rings is 1. The summed E-state index contributed by atoms with van der Waals surface area (Å²) in [6.07, 6.45) is 0. The summed E-state index contributed by atoms with van der Waals surface area (Å²) in [4.78, 5) is 35.9. The van der Waals surface area contributed by atoms with Crippen LogP contribution in [0, 0.1) is 0 Å². The van der Waals surface area contributed by atoms with Crippen LogP contribution >= 0.6 is 0 Å². The fourth-order valence-electron chi connectivity index (χ4n) is 1.68. The number of anilines is 2. The van der Waals surface area contributed by atoms with Gasteiger partial charge in [-0.3, -0.25) is 14.4 Å². The minimum atomic E-state index is -0.666. The first-order valence-electron chi connectivity index (χ1n) is 6.45. The maximum atomic E-state index is 11.8. The largest absolute Gasteiger partial charge is 0.335 e. The molecular weight excluding hydrogens is 258 g/mol. The third kappa shape index (κ3) is 4.38. The lowest BCUT2D eigenvalue weighted by Gasteiger charge is -2.17. The third-order valence-corrected chi connectivity index (χ3v) is 2.71. The zero-order valence-corrected chi connectivity index (χ0v) is 11.9. The van der Waals surface area contributed by atoms with Crippen LogP contribution in [0.15, 0.2) is 24.3 Å². The molecule has 1 aromatic rings. The Kier molecular flexibility index (Phi) is 5.71. The molecule has 3 amide bonds. The number of hydrogen-bond donors (Lipinski definition) is 2. The standard InChI is InChI=1S/C14H19N3O3/c1-4-17(5-2)14(20)13(19)16-12-8-6-11(7-9-12)15-10(3)18/h6-9H,4-5H2,1-3H3,(H,15,18)(H,16,19). The monoisotopic (exact) mass is 277 g/mol. The molecule has 0 unspecified atom stereocenters. The van der Waals surface area contributed by atoms with Crippen LogP contribution < -0.4 is 10.6 Å². The van der Waals surface area contributed by atoms with Gasteiger partial charge in [-0.15, -0.1) is 0 Å². The van der Waals surface area contributed by atoms with Crippen molar-refractivity contribution >= 4 is 29.1 Å². The van der Waals surface area contributed by atoms with Crippen molar-refractivity contribution in [3.8, 4) is 0 Å². The molecule has 0 atom stereocenters. The van der Waals surface area contributed by atoms with Crippen LogP contribution in [-0.2, 0) is 14.4 Å². The Labute approximate surface area is 118 Å². The number of nitrogens with zero attached hydrogens (tertiary/aromatic N) is 1. The summed E-state index contributed by atoms with van der Waals surface area (Å²) in [5, 5.41) is 5.15. The van der Waals surface area contributed by atoms with E-state index in [0.29, 0.717) is 24.5 Å². The van der Waals surface area contributed by atoms with Crippen molar-refractivity contribution in [3.63, 3.8) is 0 Å². The van der Waals surface area contributed by atoms with E-state index < -0.39 is 11.8 Å². The van der Waals surface area contributed by atoms with E-state index in [0.717, 1.165) is 0 Å². The van der Waals surface area contributed by atoms with Crippen LogP contribution in [0.4, 0.5) is 11.4 Å². The number of amides is 3. The van der Waals surface area contributed by atoms with E-state index in [1.54, 1.807) is 24.3 Å². The highest BCUT2D eigenvalue weighted by molar-refractivity contribution is 6.39. The van der Waals surface area contributed by atoms with Crippen molar-refractivity contribution in [2.75, 3.05) is 23.7 Å². The molecule has 0 aromatic heterocycles. The lowest BCUT2D eigenvalue weighted by molar-refractivity contribution is -0.142. The highest BCUT2D eigenvalue weighted by atomic mass is 16.2. The van der Waals surface area contributed by atoms with Crippen molar-refractivity contribution in [2.24, 2.45) is 0 Å². The van der Waals surface area contributed by atoms with Crippen molar-refractivity contribution in [3.05, 3.63) is 24.3 Å². The van der Waals surface area contributed by atoms with Gasteiger partial charge in [-0.25, -0.2) is 0 Å². The van der Waals surface area contributed by atoms with Crippen molar-refractivity contribution in [1.82, 2.24) is 4.90 Å². The Morgan fingerprint density at radius 3 is 1.80 bits per heavy atom. The van der Waals surface area contributed by atoms with Crippen LogP contribution in [0.2, 0.25) is 0 Å². The summed E-state index contributed by atoms with van der Waals surface area (Å²) in [6.45, 7) is 6.03. The van der Waals surface area contributed by atoms with Crippen LogP contribution in [0.1, 0.15) is 20.8 Å². The topological polar surface area (TPSA) is 78.5 Å². The Morgan fingerprint density at radius 2 is 1.40 bits per heavy atom. The Bertz CT molecular complexity index is 493. The smallest absolute Gasteiger partial charge is 0.313 e. The van der Waals surface area contributed by atoms with E-state index in [4.69, 9.17) is 0 Å². The molecule has 0 aliphatic carbocycles. The number of rotatable bonds is 4. The van der Waals surface area contributed by atoms with E-state index in [-0.39, 0.29) is 5.91 Å². The number of likely N-dealkylation sites (N-methyl/N-ethyl adjacent to an activating group) is 1. The Morgan fingerprint density at radius 1 is 0.950 bits per heavy atom. The second kappa shape index (κ2) is 7.28. The van der Waals surface area contributed by atoms with E-state index in [2.05, 4.69) is 10.6 Å². The molecule has 0 bridgehead atoms. The van der Waals surface area contributed by atoms with Gasteiger partial charge in [0.25, 0.3) is 0 Å². The number of hydrogen-bond acceptors (Lipinski definition) is 3. The molecule has 6 heteroatoms. The van der Waals surface area contributed by atoms with Gasteiger partial charge in [-0.1, -0.05) is 0 Å². The number of carbonyl (C=O) groups is 3. The lowest BCUT2D eigenvalue weighted by Crippen LogP contribution is -2.39. The van der Waals surface area contributed by atoms with Crippen molar-refractivity contribution in [1.29, 1.82) is 0 Å². The molecule has 0 aliphatic heterocycles. The van der Waals surface area contributed by atoms with Gasteiger partial charge in [0.1, 0.15) is 0 Å². The van der Waals surface area contributed by atoms with Gasteiger partial charge in [0.2, 0.25) is 5.91 Å². The first-order chi connectivity index (χ1) is 9.47. The molecule has 0 radical (unpaired) electrons. The minimum Gasteiger partial charge on any atom is -0.335 e. The van der Waals surface area contributed by atoms with Gasteiger partial charge in [0.15, 0.2) is 0 Å². The second-order valence-corrected chi connectivity index (χ2v) is 4.19. The third-order valence-electron chi connectivity index (χ3n) is 2.71. The molecule has 6 nitrogen and oxygen atoms in total. The normalized spacial score (nSPS) is 9.75. The molecule has 0 spiro atoms. The van der Waals surface area contributed by atoms with E-state index in [1.807, 2.05) is 13.8 Å². The SMILES string of the molecule is CCN(CC)C(=O)C(=O)Nc1ccc(NC(C)=O)cc1. The first-order valence-corrected chi connectivity index (χ1v) is 6.45. The maximum absolute atomic E-state index is 11.8. The quantitative estimate of drug-likeness (QED) is 0.818. The molecule has 108 valence electrons. The van der Waals surface area contributed by atoms with Gasteiger partial charge in [-0.2, -0.15) is 0 Å². The molecule has 0 saturated carbocycles. The predicted molar refractivity (Wildman–Crippen MR) is 77.3 cm³/mol. The summed E-state index contributed by atoms with van der Waals surface area (Å²) in [7, 11) is 0. The molecule has 0 fully saturated rings. The van der Waals surface area contributed by atoms with Gasteiger partial charge in [0.05, 0.1) is 0 Å². The Hall–Kier alpha value is -2.37. The zero-order valence-electron chi connectivity index (χ0n) is 11.9. The van der Waals surface area contributed by atoms with Gasteiger partial charge < -0.3 is 15.5 Å². The molecule has 0 heterocycles. The van der Waals surface area contributed by atoms with Crippen molar-refractivity contribution in [2.45, 2.75) is 20.8 Å². The number of carbonyl (C=O) groups excluding carboxylic acids is 3. The summed E-state index contributed by atoms with van der Waals surface area (Å²) in [6, 6.07) is 6.55. The molecule has 1 aromatic carbocycles. The fourth-order valence-corrected chi connectivity index (χ4v) is 1.68. The predicted octanol–water partition coefficient (Wildman–Crippen LogP) is 1.45. The highest BCUT2D eigenvalue weighted by Crippen LogP contribution is 2.13. The van der Waals surface area contributed by atoms with Crippen LogP contribution in [0.5, 0.6) is 0 Å². The highest BCUT2D eigenvalue weighted by Gasteiger charge is 2.19. The average molecular weight is 277 g/mol. The van der Waals surface area contributed by atoms with E-state index in [1.165, 1.54) is 11.8 Å². The summed E-state index contributed by atoms with van der Waals surface area (Å²) < 4.78 is 0. The number of nitrogens with one attached hydrogen (secondary N) is 2. The minimum absolute atomic E-state index is 0.168. The summed E-state index contributed by atoms with van der Waals surface area (Å²) in [5.41, 5.74) is 1.13. The maximum Gasteiger partial charge on any atom is 0.313 e. The molecular formula is C14H19N3O3. The van der Waals surface area contributed by atoms with Gasteiger partial charge in [0, 0.05) is 31.4 Å². The van der Waals surface area contributed by atoms with Gasteiger partial charge >= 0.3 is 11.8 Å². The fraction of sp³-hybridized carbons (Fsp3) is 0.357. The molecule has 0 saturated heterocycles. The van der Waals surface area contributed by atoms with Crippen LogP contribution in [0.25, 0.3) is 0 Å². The van der Waals surface area contributed by atoms with E-state index >= 15 is 0 Å². The second-order valence-electron chi connectivity index (χ2n) is 4.19. The molecule has 1 rings (SSSR count). The Balaban J connectivity index is 2.66. The van der Waals surface area contributed by atoms with Crippen LogP contribution in [0.3, 0.4) is 0 Å². The van der Waals surface area contributed by atoms with Gasteiger partial charge in [-0.05, 0) is 38.1 Å². The van der Waals surface area contributed by atoms with E-state index in [9.17, 15) is 14.4 Å². The molecule has 2 N–H and O–H groups in total. The summed E-state index contributed by atoms with van der Waals surface area (Å²) >= 11 is 0.